The molecule has 7 nitrogen and oxygen atoms in total. The quantitative estimate of drug-likeness (QED) is 0.259. The minimum atomic E-state index is -0.555. The fourth-order valence-corrected chi connectivity index (χ4v) is 4.97. The Morgan fingerprint density at radius 2 is 1.95 bits per heavy atom. The maximum Gasteiger partial charge on any atom is 0.166 e. The zero-order valence-electron chi connectivity index (χ0n) is 22.9. The molecule has 0 bridgehead atoms. The summed E-state index contributed by atoms with van der Waals surface area (Å²) in [6, 6.07) is 17.1. The summed E-state index contributed by atoms with van der Waals surface area (Å²) in [6.45, 7) is 4.76. The summed E-state index contributed by atoms with van der Waals surface area (Å²) in [6.07, 6.45) is 4.61. The number of nitrogens with zero attached hydrogens (tertiary/aromatic N) is 4. The zero-order valence-corrected chi connectivity index (χ0v) is 22.9. The molecular weight excluding hydrogens is 526 g/mol. The van der Waals surface area contributed by atoms with E-state index in [1.54, 1.807) is 12.3 Å². The third kappa shape index (κ3) is 6.44. The monoisotopic (exact) mass is 556 g/mol. The lowest BCUT2D eigenvalue weighted by molar-refractivity contribution is 0.101. The summed E-state index contributed by atoms with van der Waals surface area (Å²) in [4.78, 5) is 18.6. The highest BCUT2D eigenvalue weighted by molar-refractivity contribution is 5.97. The number of carbonyl (C=O) groups excluding carboxylic acids is 1. The van der Waals surface area contributed by atoms with E-state index in [0.29, 0.717) is 23.5 Å². The van der Waals surface area contributed by atoms with Crippen molar-refractivity contribution < 1.29 is 23.0 Å². The number of likely N-dealkylation sites (tertiary alicyclic amines) is 1. The van der Waals surface area contributed by atoms with E-state index in [4.69, 9.17) is 10.00 Å². The maximum absolute atomic E-state index is 14.6. The molecule has 3 aromatic carbocycles. The first-order valence-corrected chi connectivity index (χ1v) is 13.4. The van der Waals surface area contributed by atoms with E-state index < -0.39 is 11.6 Å². The number of benzene rings is 3. The Morgan fingerprint density at radius 1 is 1.17 bits per heavy atom. The van der Waals surface area contributed by atoms with Gasteiger partial charge in [0.25, 0.3) is 0 Å². The second-order valence-electron chi connectivity index (χ2n) is 10.2. The number of hydrogen-bond acceptors (Lipinski definition) is 6. The minimum absolute atomic E-state index is 0.116. The summed E-state index contributed by atoms with van der Waals surface area (Å²) in [7, 11) is 1.85. The second-order valence-corrected chi connectivity index (χ2v) is 10.2. The smallest absolute Gasteiger partial charge is 0.166 e. The molecule has 3 heterocycles. The van der Waals surface area contributed by atoms with Crippen LogP contribution in [0.5, 0.6) is 5.75 Å². The van der Waals surface area contributed by atoms with E-state index in [1.807, 2.05) is 35.9 Å². The fourth-order valence-electron chi connectivity index (χ4n) is 4.97. The van der Waals surface area contributed by atoms with Crippen LogP contribution >= 0.6 is 0 Å². The summed E-state index contributed by atoms with van der Waals surface area (Å²) in [5.74, 6) is -0.0275. The van der Waals surface area contributed by atoms with Gasteiger partial charge in [-0.05, 0) is 73.3 Å². The Morgan fingerprint density at radius 3 is 2.63 bits per heavy atom. The number of fused-ring (bicyclic) bond motifs is 1. The second kappa shape index (κ2) is 12.3. The molecule has 0 saturated carbocycles. The van der Waals surface area contributed by atoms with Gasteiger partial charge >= 0.3 is 0 Å². The molecule has 2 aliphatic heterocycles. The highest BCUT2D eigenvalue weighted by Crippen LogP contribution is 2.30. The van der Waals surface area contributed by atoms with Crippen LogP contribution in [0, 0.1) is 23.0 Å². The highest BCUT2D eigenvalue weighted by atomic mass is 19.1. The molecule has 0 amide bonds. The fraction of sp³-hybridized carbons (Fsp3) is 0.281. The summed E-state index contributed by atoms with van der Waals surface area (Å²) >= 11 is 0. The van der Waals surface area contributed by atoms with E-state index in [0.717, 1.165) is 37.5 Å². The van der Waals surface area contributed by atoms with Gasteiger partial charge in [0, 0.05) is 19.2 Å². The Bertz CT molecular complexity index is 1650. The average molecular weight is 557 g/mol. The van der Waals surface area contributed by atoms with Crippen molar-refractivity contribution in [2.75, 3.05) is 19.7 Å². The number of aryl methyl sites for hydroxylation is 1. The predicted molar refractivity (Wildman–Crippen MR) is 150 cm³/mol. The molecule has 210 valence electrons. The van der Waals surface area contributed by atoms with Crippen LogP contribution in [-0.2, 0) is 24.9 Å². The van der Waals surface area contributed by atoms with Crippen LogP contribution in [-0.4, -0.2) is 39.9 Å². The molecule has 1 fully saturated rings. The van der Waals surface area contributed by atoms with Crippen molar-refractivity contribution in [3.63, 3.8) is 0 Å². The van der Waals surface area contributed by atoms with Gasteiger partial charge in [0.15, 0.2) is 23.2 Å². The number of rotatable bonds is 7. The third-order valence-corrected chi connectivity index (χ3v) is 7.34. The molecule has 1 saturated heterocycles. The molecule has 6 rings (SSSR count). The molecule has 1 unspecified atom stereocenters. The molecule has 1 atom stereocenters. The summed E-state index contributed by atoms with van der Waals surface area (Å²) < 4.78 is 40.8. The number of halogens is 2. The van der Waals surface area contributed by atoms with Crippen LogP contribution in [0.15, 0.2) is 66.9 Å². The van der Waals surface area contributed by atoms with Crippen molar-refractivity contribution in [1.82, 2.24) is 14.5 Å². The normalized spacial score (nSPS) is 15.9. The molecule has 4 aromatic rings. The van der Waals surface area contributed by atoms with E-state index in [-0.39, 0.29) is 29.2 Å². The van der Waals surface area contributed by atoms with E-state index in [1.165, 1.54) is 36.8 Å². The van der Waals surface area contributed by atoms with Gasteiger partial charge in [0.1, 0.15) is 24.6 Å². The summed E-state index contributed by atoms with van der Waals surface area (Å²) in [5.41, 5.74) is 3.61. The average Bonchev–Trinajstić information content (AvgIpc) is 3.52. The lowest BCUT2D eigenvalue weighted by Crippen LogP contribution is -2.21. The molecule has 0 N–H and O–H groups in total. The lowest BCUT2D eigenvalue weighted by atomic mass is 9.97. The Balaban J connectivity index is 0.000000777. The number of ether oxygens (including phenoxy) is 2. The number of Topliss-reactive ketones (excluding diaryl/α,β-unsaturated/α-hetero) is 1. The third-order valence-electron chi connectivity index (χ3n) is 7.34. The van der Waals surface area contributed by atoms with Crippen LogP contribution < -0.4 is 4.74 Å². The molecule has 41 heavy (non-hydrogen) atoms. The van der Waals surface area contributed by atoms with Crippen molar-refractivity contribution >= 4 is 16.8 Å². The number of imidazole rings is 1. The van der Waals surface area contributed by atoms with Crippen molar-refractivity contribution in [3.8, 4) is 11.8 Å². The highest BCUT2D eigenvalue weighted by Gasteiger charge is 2.26. The first-order valence-electron chi connectivity index (χ1n) is 13.4. The number of hydrogen-bond donors (Lipinski definition) is 0. The number of carbonyl (C=O) groups is 1. The van der Waals surface area contributed by atoms with Crippen molar-refractivity contribution in [2.45, 2.75) is 32.4 Å². The topological polar surface area (TPSA) is 80.4 Å². The van der Waals surface area contributed by atoms with Gasteiger partial charge in [-0.2, -0.15) is 5.26 Å². The van der Waals surface area contributed by atoms with Crippen LogP contribution in [0.25, 0.3) is 11.0 Å². The standard InChI is InChI=1S/C29H26F2N4O2.C3H4O/c1-18(36)23-12-25(31)29-26(13-23)34(2)28(33-29)16-35-9-8-22(15-35)21-5-3-4-20(10-21)17-37-27-7-6-19(14-32)11-24(27)30;1-2-4-3-1/h3-7,10-13,22H,8-9,15-17H2,1-2H3;1-2H,3H2. The van der Waals surface area contributed by atoms with Crippen molar-refractivity contribution in [3.05, 3.63) is 107 Å². The SMILES string of the molecule is C1=COC1.CC(=O)c1cc(F)c2nc(CN3CCC(c4cccc(COc5ccc(C#N)cc5F)c4)C3)n(C)c2c1. The van der Waals surface area contributed by atoms with Crippen molar-refractivity contribution in [1.29, 1.82) is 5.26 Å². The van der Waals surface area contributed by atoms with Crippen LogP contribution in [0.4, 0.5) is 8.78 Å². The van der Waals surface area contributed by atoms with Gasteiger partial charge in [-0.3, -0.25) is 9.69 Å². The molecule has 2 aliphatic rings. The van der Waals surface area contributed by atoms with E-state index >= 15 is 0 Å². The van der Waals surface area contributed by atoms with Gasteiger partial charge in [0.2, 0.25) is 0 Å². The minimum Gasteiger partial charge on any atom is -0.497 e. The van der Waals surface area contributed by atoms with E-state index in [2.05, 4.69) is 26.8 Å². The zero-order chi connectivity index (χ0) is 28.9. The first-order chi connectivity index (χ1) is 19.8. The molecular formula is C32H30F2N4O3. The van der Waals surface area contributed by atoms with Crippen molar-refractivity contribution in [2.24, 2.45) is 7.05 Å². The molecule has 1 aromatic heterocycles. The number of ketones is 1. The lowest BCUT2D eigenvalue weighted by Gasteiger charge is -2.16. The summed E-state index contributed by atoms with van der Waals surface area (Å²) in [5, 5.41) is 8.89. The van der Waals surface area contributed by atoms with E-state index in [9.17, 15) is 13.6 Å². The molecule has 0 aliphatic carbocycles. The number of nitriles is 1. The largest absolute Gasteiger partial charge is 0.497 e. The molecule has 9 heteroatoms. The van der Waals surface area contributed by atoms with Crippen LogP contribution in [0.3, 0.4) is 0 Å². The molecule has 0 spiro atoms. The van der Waals surface area contributed by atoms with Crippen LogP contribution in [0.2, 0.25) is 0 Å². The first kappa shape index (κ1) is 28.0. The van der Waals surface area contributed by atoms with Gasteiger partial charge in [0.05, 0.1) is 30.0 Å². The Hall–Kier alpha value is -4.55. The maximum atomic E-state index is 14.6. The van der Waals surface area contributed by atoms with Gasteiger partial charge in [-0.25, -0.2) is 13.8 Å². The predicted octanol–water partition coefficient (Wildman–Crippen LogP) is 6.02. The Labute approximate surface area is 237 Å². The number of aromatic nitrogens is 2. The van der Waals surface area contributed by atoms with Gasteiger partial charge in [-0.15, -0.1) is 0 Å². The van der Waals surface area contributed by atoms with Crippen LogP contribution in [0.1, 0.15) is 52.1 Å². The molecule has 0 radical (unpaired) electrons. The van der Waals surface area contributed by atoms with Gasteiger partial charge in [-0.1, -0.05) is 24.3 Å². The Kier molecular flexibility index (Phi) is 8.41. The van der Waals surface area contributed by atoms with Gasteiger partial charge < -0.3 is 14.0 Å².